The summed E-state index contributed by atoms with van der Waals surface area (Å²) in [5.74, 6) is -1.13. The number of nitrogens with zero attached hydrogens (tertiary/aromatic N) is 2. The molecule has 2 aromatic rings. The van der Waals surface area contributed by atoms with Crippen LogP contribution in [0.1, 0.15) is 26.4 Å². The lowest BCUT2D eigenvalue weighted by molar-refractivity contribution is -0.176. The molecular weight excluding hydrogens is 425 g/mol. The van der Waals surface area contributed by atoms with Crippen LogP contribution in [0.5, 0.6) is 0 Å². The minimum Gasteiger partial charge on any atom is -0.378 e. The van der Waals surface area contributed by atoms with Gasteiger partial charge in [-0.1, -0.05) is 12.1 Å². The van der Waals surface area contributed by atoms with Crippen molar-refractivity contribution in [3.8, 4) is 0 Å². The van der Waals surface area contributed by atoms with Gasteiger partial charge in [-0.3, -0.25) is 20.4 Å². The van der Waals surface area contributed by atoms with Gasteiger partial charge in [-0.15, -0.1) is 11.3 Å². The molecule has 30 heavy (non-hydrogen) atoms. The van der Waals surface area contributed by atoms with Crippen molar-refractivity contribution in [1.29, 1.82) is 0 Å². The van der Waals surface area contributed by atoms with Crippen molar-refractivity contribution in [2.24, 2.45) is 0 Å². The molecule has 2 amide bonds. The number of hydrazine groups is 1. The Bertz CT molecular complexity index is 867. The van der Waals surface area contributed by atoms with Crippen LogP contribution in [0.2, 0.25) is 0 Å². The fourth-order valence-electron chi connectivity index (χ4n) is 2.56. The molecule has 8 nitrogen and oxygen atoms in total. The van der Waals surface area contributed by atoms with Gasteiger partial charge in [0.05, 0.1) is 19.8 Å². The normalized spacial score (nSPS) is 14.4. The van der Waals surface area contributed by atoms with E-state index in [9.17, 15) is 22.8 Å². The van der Waals surface area contributed by atoms with E-state index < -0.39 is 24.6 Å². The second-order valence-corrected chi connectivity index (χ2v) is 7.16. The number of amides is 2. The maximum Gasteiger partial charge on any atom is 0.411 e. The Kier molecular flexibility index (Phi) is 7.24. The lowest BCUT2D eigenvalue weighted by Crippen LogP contribution is -2.41. The van der Waals surface area contributed by atoms with Crippen LogP contribution in [-0.2, 0) is 16.1 Å². The molecule has 3 rings (SSSR count). The lowest BCUT2D eigenvalue weighted by Gasteiger charge is -2.25. The monoisotopic (exact) mass is 444 g/mol. The first-order chi connectivity index (χ1) is 14.3. The highest BCUT2D eigenvalue weighted by Gasteiger charge is 2.27. The summed E-state index contributed by atoms with van der Waals surface area (Å²) in [6.45, 7) is 1.03. The molecule has 12 heteroatoms. The number of thiazole rings is 1. The number of halogens is 3. The molecule has 0 aliphatic carbocycles. The van der Waals surface area contributed by atoms with E-state index in [1.54, 1.807) is 5.38 Å². The third-order valence-electron chi connectivity index (χ3n) is 4.05. The highest BCUT2D eigenvalue weighted by Crippen LogP contribution is 2.21. The van der Waals surface area contributed by atoms with Crippen LogP contribution in [0.15, 0.2) is 29.6 Å². The molecule has 2 heterocycles. The Balaban J connectivity index is 1.46. The number of alkyl halides is 3. The van der Waals surface area contributed by atoms with E-state index in [1.165, 1.54) is 35.6 Å². The van der Waals surface area contributed by atoms with Crippen LogP contribution in [0.4, 0.5) is 18.3 Å². The first kappa shape index (κ1) is 22.0. The fraction of sp³-hybridized carbons (Fsp3) is 0.389. The average molecular weight is 444 g/mol. The van der Waals surface area contributed by atoms with Crippen LogP contribution in [0.25, 0.3) is 0 Å². The van der Waals surface area contributed by atoms with Crippen molar-refractivity contribution in [2.75, 3.05) is 37.8 Å². The number of carbonyl (C=O) groups is 2. The molecule has 1 aliphatic rings. The summed E-state index contributed by atoms with van der Waals surface area (Å²) >= 11 is 1.33. The molecule has 0 radical (unpaired) electrons. The molecule has 0 bridgehead atoms. The van der Waals surface area contributed by atoms with Crippen molar-refractivity contribution < 1.29 is 32.2 Å². The maximum absolute atomic E-state index is 12.2. The van der Waals surface area contributed by atoms with Gasteiger partial charge in [-0.05, 0) is 17.7 Å². The van der Waals surface area contributed by atoms with Gasteiger partial charge in [0, 0.05) is 24.0 Å². The maximum atomic E-state index is 12.2. The van der Waals surface area contributed by atoms with Gasteiger partial charge in [0.1, 0.15) is 12.3 Å². The smallest absolute Gasteiger partial charge is 0.378 e. The first-order valence-corrected chi connectivity index (χ1v) is 9.82. The molecule has 0 saturated carbocycles. The predicted octanol–water partition coefficient (Wildman–Crippen LogP) is 2.13. The van der Waals surface area contributed by atoms with Gasteiger partial charge in [-0.2, -0.15) is 13.2 Å². The summed E-state index contributed by atoms with van der Waals surface area (Å²) in [5.41, 5.74) is 5.46. The summed E-state index contributed by atoms with van der Waals surface area (Å²) in [6, 6.07) is 5.80. The van der Waals surface area contributed by atoms with Gasteiger partial charge in [-0.25, -0.2) is 4.98 Å². The second-order valence-electron chi connectivity index (χ2n) is 6.33. The number of nitrogens with one attached hydrogen (secondary N) is 2. The predicted molar refractivity (Wildman–Crippen MR) is 102 cm³/mol. The Morgan fingerprint density at radius 1 is 1.13 bits per heavy atom. The van der Waals surface area contributed by atoms with E-state index in [4.69, 9.17) is 4.74 Å². The first-order valence-electron chi connectivity index (χ1n) is 8.94. The van der Waals surface area contributed by atoms with E-state index in [0.29, 0.717) is 37.0 Å². The van der Waals surface area contributed by atoms with Gasteiger partial charge in [0.25, 0.3) is 11.8 Å². The summed E-state index contributed by atoms with van der Waals surface area (Å²) < 4.78 is 46.1. The summed E-state index contributed by atoms with van der Waals surface area (Å²) in [5, 5.41) is 2.31. The topological polar surface area (TPSA) is 92.8 Å². The van der Waals surface area contributed by atoms with Crippen molar-refractivity contribution in [1.82, 2.24) is 15.8 Å². The lowest BCUT2D eigenvalue weighted by atomic mass is 10.1. The number of benzene rings is 1. The van der Waals surface area contributed by atoms with E-state index in [-0.39, 0.29) is 17.9 Å². The van der Waals surface area contributed by atoms with Crippen LogP contribution >= 0.6 is 11.3 Å². The summed E-state index contributed by atoms with van der Waals surface area (Å²) in [7, 11) is 0. The third kappa shape index (κ3) is 6.40. The second kappa shape index (κ2) is 9.87. The van der Waals surface area contributed by atoms with Crippen LogP contribution in [-0.4, -0.2) is 55.9 Å². The molecule has 1 fully saturated rings. The van der Waals surface area contributed by atoms with Crippen molar-refractivity contribution in [3.63, 3.8) is 0 Å². The number of aromatic nitrogens is 1. The molecule has 0 unspecified atom stereocenters. The largest absolute Gasteiger partial charge is 0.411 e. The van der Waals surface area contributed by atoms with Crippen LogP contribution < -0.4 is 15.8 Å². The Morgan fingerprint density at radius 2 is 1.80 bits per heavy atom. The Hall–Kier alpha value is -2.70. The number of hydrogen-bond acceptors (Lipinski definition) is 7. The number of ether oxygens (including phenoxy) is 2. The molecular formula is C18H19F3N4O4S. The minimum absolute atomic E-state index is 0.180. The summed E-state index contributed by atoms with van der Waals surface area (Å²) in [4.78, 5) is 30.6. The van der Waals surface area contributed by atoms with Crippen molar-refractivity contribution in [2.45, 2.75) is 12.8 Å². The molecule has 0 spiro atoms. The van der Waals surface area contributed by atoms with Crippen molar-refractivity contribution >= 4 is 28.3 Å². The molecule has 162 valence electrons. The van der Waals surface area contributed by atoms with Crippen LogP contribution in [0, 0.1) is 0 Å². The molecule has 1 aromatic heterocycles. The highest BCUT2D eigenvalue weighted by atomic mass is 32.1. The zero-order valence-corrected chi connectivity index (χ0v) is 16.5. The van der Waals surface area contributed by atoms with Crippen molar-refractivity contribution in [3.05, 3.63) is 46.5 Å². The number of anilines is 1. The van der Waals surface area contributed by atoms with Gasteiger partial charge in [0.2, 0.25) is 0 Å². The number of hydrogen-bond donors (Lipinski definition) is 2. The standard InChI is InChI=1S/C18H19F3N4O4S/c19-18(20,21)11-29-9-12-1-3-13(4-2-12)15(26)23-24-16(27)14-10-30-17(22-14)25-5-7-28-8-6-25/h1-4,10H,5-9,11H2,(H,23,26)(H,24,27). The Morgan fingerprint density at radius 3 is 2.47 bits per heavy atom. The molecule has 0 atom stereocenters. The van der Waals surface area contributed by atoms with E-state index in [0.717, 1.165) is 0 Å². The SMILES string of the molecule is O=C(NNC(=O)c1csc(N2CCOCC2)n1)c1ccc(COCC(F)(F)F)cc1. The van der Waals surface area contributed by atoms with E-state index >= 15 is 0 Å². The molecule has 1 aliphatic heterocycles. The summed E-state index contributed by atoms with van der Waals surface area (Å²) in [6.07, 6.45) is -4.39. The fourth-order valence-corrected chi connectivity index (χ4v) is 3.41. The van der Waals surface area contributed by atoms with E-state index in [1.807, 2.05) is 4.90 Å². The zero-order valence-electron chi connectivity index (χ0n) is 15.7. The molecule has 1 aromatic carbocycles. The van der Waals surface area contributed by atoms with E-state index in [2.05, 4.69) is 20.6 Å². The quantitative estimate of drug-likeness (QED) is 0.664. The molecule has 1 saturated heterocycles. The zero-order chi connectivity index (χ0) is 21.6. The average Bonchev–Trinajstić information content (AvgIpc) is 3.22. The third-order valence-corrected chi connectivity index (χ3v) is 4.95. The van der Waals surface area contributed by atoms with Gasteiger partial charge >= 0.3 is 6.18 Å². The number of rotatable bonds is 6. The Labute approximate surface area is 174 Å². The van der Waals surface area contributed by atoms with Gasteiger partial charge < -0.3 is 14.4 Å². The van der Waals surface area contributed by atoms with Gasteiger partial charge in [0.15, 0.2) is 5.13 Å². The molecule has 2 N–H and O–H groups in total. The van der Waals surface area contributed by atoms with Crippen LogP contribution in [0.3, 0.4) is 0 Å². The number of carbonyl (C=O) groups excluding carboxylic acids is 2. The minimum atomic E-state index is -4.39. The highest BCUT2D eigenvalue weighted by molar-refractivity contribution is 7.13. The number of morpholine rings is 1.